The molecule has 0 aromatic heterocycles. The fourth-order valence-electron chi connectivity index (χ4n) is 1.64. The highest BCUT2D eigenvalue weighted by Crippen LogP contribution is 2.23. The lowest BCUT2D eigenvalue weighted by molar-refractivity contribution is -0.124. The lowest BCUT2D eigenvalue weighted by Crippen LogP contribution is -2.30. The van der Waals surface area contributed by atoms with Crippen molar-refractivity contribution in [1.82, 2.24) is 5.32 Å². The first-order valence-electron chi connectivity index (χ1n) is 6.32. The van der Waals surface area contributed by atoms with E-state index in [0.29, 0.717) is 11.5 Å². The largest absolute Gasteiger partial charge is 0.497 e. The first-order chi connectivity index (χ1) is 9.62. The maximum absolute atomic E-state index is 11.9. The summed E-state index contributed by atoms with van der Waals surface area (Å²) in [6.45, 7) is -0.283. The zero-order valence-corrected chi connectivity index (χ0v) is 11.5. The molecule has 1 aromatic carbocycles. The van der Waals surface area contributed by atoms with Crippen LogP contribution in [0.4, 0.5) is 0 Å². The fraction of sp³-hybridized carbons (Fsp3) is 0.429. The second kappa shape index (κ2) is 6.27. The lowest BCUT2D eigenvalue weighted by Gasteiger charge is -2.09. The van der Waals surface area contributed by atoms with Gasteiger partial charge >= 0.3 is 5.97 Å². The molecule has 1 saturated carbocycles. The summed E-state index contributed by atoms with van der Waals surface area (Å²) < 4.78 is 15.1. The molecule has 0 unspecified atom stereocenters. The summed E-state index contributed by atoms with van der Waals surface area (Å²) in [5.41, 5.74) is 0.278. The average molecular weight is 279 g/mol. The quantitative estimate of drug-likeness (QED) is 0.790. The number of methoxy groups -OCH3 is 2. The lowest BCUT2D eigenvalue weighted by atomic mass is 10.2. The van der Waals surface area contributed by atoms with Crippen LogP contribution in [0.25, 0.3) is 0 Å². The number of esters is 1. The molecule has 6 heteroatoms. The molecule has 1 aliphatic rings. The molecule has 108 valence electrons. The minimum absolute atomic E-state index is 0.248. The Bertz CT molecular complexity index is 488. The highest BCUT2D eigenvalue weighted by molar-refractivity contribution is 5.92. The second-order valence-electron chi connectivity index (χ2n) is 4.52. The van der Waals surface area contributed by atoms with Gasteiger partial charge in [-0.15, -0.1) is 0 Å². The summed E-state index contributed by atoms with van der Waals surface area (Å²) >= 11 is 0. The van der Waals surface area contributed by atoms with Gasteiger partial charge in [-0.25, -0.2) is 4.79 Å². The topological polar surface area (TPSA) is 73.9 Å². The maximum atomic E-state index is 11.9. The minimum Gasteiger partial charge on any atom is -0.497 e. The Labute approximate surface area is 117 Å². The van der Waals surface area contributed by atoms with Gasteiger partial charge in [0.05, 0.1) is 19.8 Å². The standard InChI is InChI=1S/C14H17NO5/c1-18-11-5-9(6-12(7-11)19-2)14(17)20-8-13(16)15-10-3-4-10/h5-7,10H,3-4,8H2,1-2H3,(H,15,16). The smallest absolute Gasteiger partial charge is 0.338 e. The van der Waals surface area contributed by atoms with Gasteiger partial charge in [-0.05, 0) is 25.0 Å². The zero-order chi connectivity index (χ0) is 14.5. The number of benzene rings is 1. The molecular formula is C14H17NO5. The van der Waals surface area contributed by atoms with Crippen molar-refractivity contribution in [2.75, 3.05) is 20.8 Å². The van der Waals surface area contributed by atoms with E-state index in [0.717, 1.165) is 12.8 Å². The molecule has 20 heavy (non-hydrogen) atoms. The monoisotopic (exact) mass is 279 g/mol. The van der Waals surface area contributed by atoms with E-state index in [2.05, 4.69) is 5.32 Å². The fourth-order valence-corrected chi connectivity index (χ4v) is 1.64. The summed E-state index contributed by atoms with van der Waals surface area (Å²) in [5.74, 6) is 0.0984. The summed E-state index contributed by atoms with van der Waals surface area (Å²) in [6.07, 6.45) is 1.99. The Morgan fingerprint density at radius 3 is 2.25 bits per heavy atom. The van der Waals surface area contributed by atoms with Crippen molar-refractivity contribution in [3.8, 4) is 11.5 Å². The van der Waals surface area contributed by atoms with Gasteiger partial charge in [-0.1, -0.05) is 0 Å². The zero-order valence-electron chi connectivity index (χ0n) is 11.5. The van der Waals surface area contributed by atoms with Gasteiger partial charge in [0.15, 0.2) is 6.61 Å². The second-order valence-corrected chi connectivity index (χ2v) is 4.52. The molecule has 1 N–H and O–H groups in total. The predicted molar refractivity (Wildman–Crippen MR) is 71.0 cm³/mol. The summed E-state index contributed by atoms with van der Waals surface area (Å²) in [5, 5.41) is 2.74. The molecule has 0 bridgehead atoms. The van der Waals surface area contributed by atoms with Crippen LogP contribution >= 0.6 is 0 Å². The Hall–Kier alpha value is -2.24. The van der Waals surface area contributed by atoms with Gasteiger partial charge in [0.1, 0.15) is 11.5 Å². The van der Waals surface area contributed by atoms with Crippen LogP contribution in [-0.4, -0.2) is 38.7 Å². The van der Waals surface area contributed by atoms with Gasteiger partial charge in [0.25, 0.3) is 5.91 Å². The van der Waals surface area contributed by atoms with Gasteiger partial charge in [-0.3, -0.25) is 4.79 Å². The predicted octanol–water partition coefficient (Wildman–Crippen LogP) is 1.14. The van der Waals surface area contributed by atoms with Crippen molar-refractivity contribution >= 4 is 11.9 Å². The van der Waals surface area contributed by atoms with Crippen molar-refractivity contribution < 1.29 is 23.8 Å². The van der Waals surface area contributed by atoms with Crippen molar-refractivity contribution in [3.63, 3.8) is 0 Å². The Balaban J connectivity index is 1.95. The van der Waals surface area contributed by atoms with Crippen LogP contribution in [0.5, 0.6) is 11.5 Å². The highest BCUT2D eigenvalue weighted by atomic mass is 16.5. The molecule has 6 nitrogen and oxygen atoms in total. The Morgan fingerprint density at radius 2 is 1.75 bits per heavy atom. The summed E-state index contributed by atoms with van der Waals surface area (Å²) in [6, 6.07) is 4.96. The SMILES string of the molecule is COc1cc(OC)cc(C(=O)OCC(=O)NC2CC2)c1. The number of rotatable bonds is 6. The van der Waals surface area contributed by atoms with Crippen LogP contribution in [0.1, 0.15) is 23.2 Å². The minimum atomic E-state index is -0.590. The molecule has 1 amide bonds. The number of carbonyl (C=O) groups excluding carboxylic acids is 2. The maximum Gasteiger partial charge on any atom is 0.338 e. The van der Waals surface area contributed by atoms with E-state index in [1.54, 1.807) is 6.07 Å². The number of hydrogen-bond donors (Lipinski definition) is 1. The van der Waals surface area contributed by atoms with E-state index in [-0.39, 0.29) is 24.1 Å². The third-order valence-corrected chi connectivity index (χ3v) is 2.86. The van der Waals surface area contributed by atoms with Gasteiger partial charge in [0, 0.05) is 12.1 Å². The molecule has 2 rings (SSSR count). The first kappa shape index (κ1) is 14.2. The number of ether oxygens (including phenoxy) is 3. The average Bonchev–Trinajstić information content (AvgIpc) is 3.27. The van der Waals surface area contributed by atoms with Crippen molar-refractivity contribution in [3.05, 3.63) is 23.8 Å². The van der Waals surface area contributed by atoms with E-state index >= 15 is 0 Å². The molecule has 0 heterocycles. The van der Waals surface area contributed by atoms with Crippen LogP contribution in [0, 0.1) is 0 Å². The number of amides is 1. The van der Waals surface area contributed by atoms with Crippen molar-refractivity contribution in [1.29, 1.82) is 0 Å². The normalized spacial score (nSPS) is 13.5. The summed E-state index contributed by atoms with van der Waals surface area (Å²) in [4.78, 5) is 23.3. The van der Waals surface area contributed by atoms with E-state index in [1.807, 2.05) is 0 Å². The van der Waals surface area contributed by atoms with Crippen LogP contribution in [0.3, 0.4) is 0 Å². The first-order valence-corrected chi connectivity index (χ1v) is 6.32. The molecular weight excluding hydrogens is 262 g/mol. The Kier molecular flexibility index (Phi) is 4.45. The van der Waals surface area contributed by atoms with E-state index in [9.17, 15) is 9.59 Å². The van der Waals surface area contributed by atoms with Crippen LogP contribution in [0.2, 0.25) is 0 Å². The molecule has 0 aliphatic heterocycles. The number of carbonyl (C=O) groups is 2. The van der Waals surface area contributed by atoms with Crippen LogP contribution in [0.15, 0.2) is 18.2 Å². The van der Waals surface area contributed by atoms with Gasteiger partial charge < -0.3 is 19.5 Å². The van der Waals surface area contributed by atoms with Crippen LogP contribution < -0.4 is 14.8 Å². The number of nitrogens with one attached hydrogen (secondary N) is 1. The molecule has 1 aromatic rings. The third-order valence-electron chi connectivity index (χ3n) is 2.86. The molecule has 0 spiro atoms. The Morgan fingerprint density at radius 1 is 1.15 bits per heavy atom. The van der Waals surface area contributed by atoms with Gasteiger partial charge in [0.2, 0.25) is 0 Å². The van der Waals surface area contributed by atoms with E-state index in [1.165, 1.54) is 26.4 Å². The number of hydrogen-bond acceptors (Lipinski definition) is 5. The van der Waals surface area contributed by atoms with Crippen molar-refractivity contribution in [2.24, 2.45) is 0 Å². The van der Waals surface area contributed by atoms with E-state index in [4.69, 9.17) is 14.2 Å². The van der Waals surface area contributed by atoms with Crippen LogP contribution in [-0.2, 0) is 9.53 Å². The highest BCUT2D eigenvalue weighted by Gasteiger charge is 2.23. The van der Waals surface area contributed by atoms with Gasteiger partial charge in [-0.2, -0.15) is 0 Å². The molecule has 0 atom stereocenters. The van der Waals surface area contributed by atoms with Crippen molar-refractivity contribution in [2.45, 2.75) is 18.9 Å². The molecule has 0 saturated heterocycles. The summed E-state index contributed by atoms with van der Waals surface area (Å²) in [7, 11) is 2.99. The molecule has 1 fully saturated rings. The molecule has 1 aliphatic carbocycles. The molecule has 0 radical (unpaired) electrons. The third kappa shape index (κ3) is 3.88. The van der Waals surface area contributed by atoms with E-state index < -0.39 is 5.97 Å².